The van der Waals surface area contributed by atoms with E-state index in [9.17, 15) is 33.4 Å². The molecule has 0 aliphatic carbocycles. The van der Waals surface area contributed by atoms with Crippen LogP contribution in [0.5, 0.6) is 0 Å². The van der Waals surface area contributed by atoms with Gasteiger partial charge in [-0.3, -0.25) is 25.0 Å². The normalized spacial score (nSPS) is 14.2. The third-order valence-electron chi connectivity index (χ3n) is 4.56. The van der Waals surface area contributed by atoms with Crippen molar-refractivity contribution in [2.24, 2.45) is 0 Å². The van der Waals surface area contributed by atoms with E-state index in [1.165, 1.54) is 18.2 Å². The zero-order valence-corrected chi connectivity index (χ0v) is 18.5. The average molecular weight is 509 g/mol. The lowest BCUT2D eigenvalue weighted by Crippen LogP contribution is -2.26. The molecule has 3 rings (SSSR count). The molecule has 2 aromatic rings. The van der Waals surface area contributed by atoms with E-state index in [2.05, 4.69) is 0 Å². The fourth-order valence-corrected chi connectivity index (χ4v) is 5.53. The second-order valence-corrected chi connectivity index (χ2v) is 9.73. The van der Waals surface area contributed by atoms with E-state index < -0.39 is 58.3 Å². The summed E-state index contributed by atoms with van der Waals surface area (Å²) in [5.41, 5.74) is -2.36. The Morgan fingerprint density at radius 2 is 1.71 bits per heavy atom. The summed E-state index contributed by atoms with van der Waals surface area (Å²) >= 11 is 17.8. The first-order valence-corrected chi connectivity index (χ1v) is 11.3. The summed E-state index contributed by atoms with van der Waals surface area (Å²) in [5.74, 6) is -1.26. The minimum absolute atomic E-state index is 0.00616. The molecule has 1 saturated heterocycles. The minimum Gasteiger partial charge on any atom is -0.301 e. The predicted molar refractivity (Wildman–Crippen MR) is 114 cm³/mol. The Kier molecular flexibility index (Phi) is 6.42. The van der Waals surface area contributed by atoms with Crippen molar-refractivity contribution in [1.29, 1.82) is 0 Å². The monoisotopic (exact) mass is 507 g/mol. The quantitative estimate of drug-likeness (QED) is 0.411. The van der Waals surface area contributed by atoms with Gasteiger partial charge in [0.15, 0.2) is 9.84 Å². The van der Waals surface area contributed by atoms with Crippen molar-refractivity contribution < 1.29 is 23.1 Å². The van der Waals surface area contributed by atoms with E-state index in [1.807, 2.05) is 0 Å². The molecule has 31 heavy (non-hydrogen) atoms. The molecule has 0 N–H and O–H groups in total. The Balaban J connectivity index is 2.23. The summed E-state index contributed by atoms with van der Waals surface area (Å²) < 4.78 is 26.0. The molecule has 2 aromatic carbocycles. The predicted octanol–water partition coefficient (Wildman–Crippen LogP) is 4.56. The van der Waals surface area contributed by atoms with Crippen molar-refractivity contribution in [1.82, 2.24) is 0 Å². The first kappa shape index (κ1) is 23.2. The maximum Gasteiger partial charge on any atom is 0.319 e. The molecule has 164 valence electrons. The molecule has 1 fully saturated rings. The van der Waals surface area contributed by atoms with Crippen LogP contribution in [0.2, 0.25) is 15.1 Å². The van der Waals surface area contributed by atoms with Gasteiger partial charge in [0.25, 0.3) is 0 Å². The molecule has 0 saturated carbocycles. The van der Waals surface area contributed by atoms with Crippen LogP contribution in [0, 0.1) is 20.2 Å². The van der Waals surface area contributed by atoms with Gasteiger partial charge in [0.2, 0.25) is 11.6 Å². The number of hydrogen-bond donors (Lipinski definition) is 0. The minimum atomic E-state index is -4.39. The number of rotatable bonds is 6. The van der Waals surface area contributed by atoms with Crippen LogP contribution in [0.4, 0.5) is 17.1 Å². The maximum absolute atomic E-state index is 13.0. The number of nitro benzene ring substituents is 2. The Bertz CT molecular complexity index is 1230. The van der Waals surface area contributed by atoms with E-state index in [4.69, 9.17) is 34.8 Å². The van der Waals surface area contributed by atoms with Crippen LogP contribution < -0.4 is 4.90 Å². The summed E-state index contributed by atoms with van der Waals surface area (Å²) in [4.78, 5) is 33.6. The van der Waals surface area contributed by atoms with Gasteiger partial charge in [0.1, 0.15) is 5.02 Å². The number of halogens is 3. The first-order valence-electron chi connectivity index (χ1n) is 8.56. The van der Waals surface area contributed by atoms with E-state index in [0.717, 1.165) is 4.90 Å². The Morgan fingerprint density at radius 1 is 1.03 bits per heavy atom. The number of nitro groups is 2. The van der Waals surface area contributed by atoms with Crippen LogP contribution >= 0.6 is 34.8 Å². The largest absolute Gasteiger partial charge is 0.319 e. The smallest absolute Gasteiger partial charge is 0.301 e. The summed E-state index contributed by atoms with van der Waals surface area (Å²) in [6, 6.07) is 4.67. The molecule has 1 aliphatic heterocycles. The number of amides is 1. The molecular formula is C17H12Cl3N3O7S. The molecule has 1 heterocycles. The summed E-state index contributed by atoms with van der Waals surface area (Å²) in [6.07, 6.45) is 0.380. The third-order valence-corrected chi connectivity index (χ3v) is 7.50. The van der Waals surface area contributed by atoms with Gasteiger partial charge in [-0.05, 0) is 24.1 Å². The molecule has 1 amide bonds. The lowest BCUT2D eigenvalue weighted by Gasteiger charge is -2.18. The van der Waals surface area contributed by atoms with Crippen LogP contribution in [0.3, 0.4) is 0 Å². The van der Waals surface area contributed by atoms with Crippen molar-refractivity contribution in [2.75, 3.05) is 11.4 Å². The zero-order valence-electron chi connectivity index (χ0n) is 15.4. The van der Waals surface area contributed by atoms with Crippen molar-refractivity contribution in [3.63, 3.8) is 0 Å². The Labute approximate surface area is 190 Å². The average Bonchev–Trinajstić information content (AvgIpc) is 3.08. The van der Waals surface area contributed by atoms with E-state index in [-0.39, 0.29) is 28.6 Å². The molecule has 14 heteroatoms. The van der Waals surface area contributed by atoms with Crippen molar-refractivity contribution >= 4 is 67.6 Å². The van der Waals surface area contributed by atoms with E-state index >= 15 is 0 Å². The van der Waals surface area contributed by atoms with Gasteiger partial charge in [0, 0.05) is 19.0 Å². The maximum atomic E-state index is 13.0. The highest BCUT2D eigenvalue weighted by Gasteiger charge is 2.41. The van der Waals surface area contributed by atoms with Gasteiger partial charge < -0.3 is 4.90 Å². The summed E-state index contributed by atoms with van der Waals surface area (Å²) in [7, 11) is -4.39. The second-order valence-electron chi connectivity index (χ2n) is 6.58. The fraction of sp³-hybridized carbons (Fsp3) is 0.235. The first-order chi connectivity index (χ1) is 14.4. The molecule has 0 atom stereocenters. The van der Waals surface area contributed by atoms with Gasteiger partial charge in [-0.15, -0.1) is 0 Å². The van der Waals surface area contributed by atoms with Gasteiger partial charge in [-0.2, -0.15) is 0 Å². The molecule has 0 bridgehead atoms. The lowest BCUT2D eigenvalue weighted by molar-refractivity contribution is -0.392. The molecule has 1 aliphatic rings. The Hall–Kier alpha value is -2.47. The SMILES string of the molecule is O=C1CCCN1c1c([N+](=O)[O-])cc(S(=O)(=O)Cc2ccc(Cl)c(Cl)c2)c(Cl)c1[N+](=O)[O-]. The van der Waals surface area contributed by atoms with Crippen LogP contribution in [-0.4, -0.2) is 30.7 Å². The third kappa shape index (κ3) is 4.45. The molecule has 0 radical (unpaired) electrons. The van der Waals surface area contributed by atoms with E-state index in [1.54, 1.807) is 0 Å². The number of hydrogen-bond acceptors (Lipinski definition) is 7. The molecule has 0 unspecified atom stereocenters. The van der Waals surface area contributed by atoms with E-state index in [0.29, 0.717) is 12.5 Å². The molecule has 0 spiro atoms. The standard InChI is InChI=1S/C17H12Cl3N3O7S/c18-10-4-3-9(6-11(10)19)8-31(29,30)13-7-12(22(25)26)16(17(15(13)20)23(27)28)21-5-1-2-14(21)24/h3-4,6-7H,1-2,5,8H2. The highest BCUT2D eigenvalue weighted by atomic mass is 35.5. The van der Waals surface area contributed by atoms with Crippen LogP contribution in [-0.2, 0) is 20.4 Å². The molecule has 0 aromatic heterocycles. The van der Waals surface area contributed by atoms with Crippen molar-refractivity contribution in [3.8, 4) is 0 Å². The lowest BCUT2D eigenvalue weighted by atomic mass is 10.2. The van der Waals surface area contributed by atoms with Crippen LogP contribution in [0.25, 0.3) is 0 Å². The van der Waals surface area contributed by atoms with Gasteiger partial charge >= 0.3 is 11.4 Å². The topological polar surface area (TPSA) is 141 Å². The van der Waals surface area contributed by atoms with Crippen molar-refractivity contribution in [3.05, 3.63) is 65.1 Å². The van der Waals surface area contributed by atoms with Crippen LogP contribution in [0.1, 0.15) is 18.4 Å². The highest BCUT2D eigenvalue weighted by molar-refractivity contribution is 7.90. The fourth-order valence-electron chi connectivity index (χ4n) is 3.21. The van der Waals surface area contributed by atoms with Gasteiger partial charge in [-0.1, -0.05) is 40.9 Å². The number of nitrogens with zero attached hydrogens (tertiary/aromatic N) is 3. The number of carbonyl (C=O) groups excluding carboxylic acids is 1. The number of benzene rings is 2. The highest BCUT2D eigenvalue weighted by Crippen LogP contribution is 2.47. The summed E-state index contributed by atoms with van der Waals surface area (Å²) in [6.45, 7) is 0.00616. The summed E-state index contributed by atoms with van der Waals surface area (Å²) in [5, 5.41) is 22.9. The number of anilines is 1. The Morgan fingerprint density at radius 3 is 2.23 bits per heavy atom. The van der Waals surface area contributed by atoms with Crippen molar-refractivity contribution in [2.45, 2.75) is 23.5 Å². The van der Waals surface area contributed by atoms with Gasteiger partial charge in [0.05, 0.1) is 30.5 Å². The van der Waals surface area contributed by atoms with Crippen LogP contribution in [0.15, 0.2) is 29.2 Å². The van der Waals surface area contributed by atoms with Gasteiger partial charge in [-0.25, -0.2) is 8.42 Å². The zero-order chi connectivity index (χ0) is 23.1. The number of sulfone groups is 1. The number of carbonyl (C=O) groups is 1. The molecule has 10 nitrogen and oxygen atoms in total. The molecular weight excluding hydrogens is 497 g/mol. The second kappa shape index (κ2) is 8.58.